The van der Waals surface area contributed by atoms with E-state index >= 15 is 0 Å². The molecule has 0 aromatic heterocycles. The lowest BCUT2D eigenvalue weighted by Crippen LogP contribution is -2.38. The van der Waals surface area contributed by atoms with E-state index in [1.807, 2.05) is 51.1 Å². The Bertz CT molecular complexity index is 626. The van der Waals surface area contributed by atoms with Gasteiger partial charge in [0.15, 0.2) is 0 Å². The maximum absolute atomic E-state index is 12.2. The predicted molar refractivity (Wildman–Crippen MR) is 93.0 cm³/mol. The zero-order valence-corrected chi connectivity index (χ0v) is 15.0. The van der Waals surface area contributed by atoms with Gasteiger partial charge in [-0.25, -0.2) is 9.59 Å². The molecule has 2 amide bonds. The SMILES string of the molecule is CC(C)(C)OC(=O)N[C@H]1[C@@H]2CCN(C(=O)OCc3ccccc3)C[C@@H]21. The van der Waals surface area contributed by atoms with Crippen LogP contribution in [0.2, 0.25) is 0 Å². The minimum atomic E-state index is -0.503. The summed E-state index contributed by atoms with van der Waals surface area (Å²) in [6.45, 7) is 7.11. The van der Waals surface area contributed by atoms with E-state index in [0.29, 0.717) is 24.9 Å². The number of benzene rings is 1. The lowest BCUT2D eigenvalue weighted by atomic mass is 10.1. The smallest absolute Gasteiger partial charge is 0.410 e. The van der Waals surface area contributed by atoms with Crippen LogP contribution in [0.15, 0.2) is 30.3 Å². The van der Waals surface area contributed by atoms with Gasteiger partial charge in [-0.3, -0.25) is 0 Å². The molecule has 6 nitrogen and oxygen atoms in total. The summed E-state index contributed by atoms with van der Waals surface area (Å²) in [5.41, 5.74) is 0.471. The largest absolute Gasteiger partial charge is 0.445 e. The van der Waals surface area contributed by atoms with E-state index in [-0.39, 0.29) is 24.8 Å². The van der Waals surface area contributed by atoms with Gasteiger partial charge >= 0.3 is 12.2 Å². The second-order valence-corrected chi connectivity index (χ2v) is 7.77. The minimum absolute atomic E-state index is 0.0989. The Balaban J connectivity index is 1.44. The molecule has 1 heterocycles. The number of ether oxygens (including phenoxy) is 2. The van der Waals surface area contributed by atoms with Gasteiger partial charge in [-0.2, -0.15) is 0 Å². The number of rotatable bonds is 3. The van der Waals surface area contributed by atoms with Crippen LogP contribution in [-0.4, -0.2) is 41.8 Å². The fourth-order valence-electron chi connectivity index (χ4n) is 3.37. The van der Waals surface area contributed by atoms with Gasteiger partial charge in [0.05, 0.1) is 0 Å². The van der Waals surface area contributed by atoms with Crippen molar-refractivity contribution < 1.29 is 19.1 Å². The third kappa shape index (κ3) is 4.65. The highest BCUT2D eigenvalue weighted by Crippen LogP contribution is 2.45. The first-order valence-corrected chi connectivity index (χ1v) is 8.78. The van der Waals surface area contributed by atoms with Crippen LogP contribution < -0.4 is 5.32 Å². The number of hydrogen-bond donors (Lipinski definition) is 1. The molecule has 1 saturated heterocycles. The van der Waals surface area contributed by atoms with Gasteiger partial charge in [0.25, 0.3) is 0 Å². The average molecular weight is 346 g/mol. The van der Waals surface area contributed by atoms with Crippen LogP contribution in [0.3, 0.4) is 0 Å². The number of nitrogens with one attached hydrogen (secondary N) is 1. The van der Waals surface area contributed by atoms with Crippen molar-refractivity contribution in [1.82, 2.24) is 10.2 Å². The van der Waals surface area contributed by atoms with Gasteiger partial charge in [-0.05, 0) is 38.7 Å². The Kier molecular flexibility index (Phi) is 4.88. The van der Waals surface area contributed by atoms with Crippen molar-refractivity contribution in [3.05, 3.63) is 35.9 Å². The van der Waals surface area contributed by atoms with Crippen molar-refractivity contribution in [2.45, 2.75) is 45.4 Å². The molecular weight excluding hydrogens is 320 g/mol. The quantitative estimate of drug-likeness (QED) is 0.913. The van der Waals surface area contributed by atoms with Crippen LogP contribution in [0.4, 0.5) is 9.59 Å². The number of amides is 2. The summed E-state index contributed by atoms with van der Waals surface area (Å²) in [7, 11) is 0. The first kappa shape index (κ1) is 17.6. The molecule has 25 heavy (non-hydrogen) atoms. The van der Waals surface area contributed by atoms with Crippen molar-refractivity contribution >= 4 is 12.2 Å². The van der Waals surface area contributed by atoms with E-state index < -0.39 is 5.60 Å². The number of carbonyl (C=O) groups is 2. The van der Waals surface area contributed by atoms with Gasteiger partial charge in [0, 0.05) is 25.0 Å². The second kappa shape index (κ2) is 6.94. The standard InChI is InChI=1S/C19H26N2O4/c1-19(2,3)25-17(22)20-16-14-9-10-21(11-15(14)16)18(23)24-12-13-7-5-4-6-8-13/h4-8,14-16H,9-12H2,1-3H3,(H,20,22)/t14-,15+,16+/m1/s1. The summed E-state index contributed by atoms with van der Waals surface area (Å²) in [6.07, 6.45) is 0.210. The lowest BCUT2D eigenvalue weighted by molar-refractivity contribution is 0.0519. The van der Waals surface area contributed by atoms with Crippen LogP contribution in [0.5, 0.6) is 0 Å². The van der Waals surface area contributed by atoms with E-state index in [2.05, 4.69) is 5.32 Å². The van der Waals surface area contributed by atoms with Gasteiger partial charge in [-0.1, -0.05) is 30.3 Å². The molecule has 1 aliphatic heterocycles. The summed E-state index contributed by atoms with van der Waals surface area (Å²) in [5, 5.41) is 2.93. The minimum Gasteiger partial charge on any atom is -0.445 e. The molecule has 1 aromatic rings. The topological polar surface area (TPSA) is 67.9 Å². The molecule has 0 bridgehead atoms. The van der Waals surface area contributed by atoms with Gasteiger partial charge < -0.3 is 19.7 Å². The molecule has 1 N–H and O–H groups in total. The van der Waals surface area contributed by atoms with Crippen molar-refractivity contribution in [2.75, 3.05) is 13.1 Å². The highest BCUT2D eigenvalue weighted by atomic mass is 16.6. The summed E-state index contributed by atoms with van der Waals surface area (Å²) in [6, 6.07) is 9.74. The zero-order valence-electron chi connectivity index (χ0n) is 15.0. The first-order chi connectivity index (χ1) is 11.8. The van der Waals surface area contributed by atoms with Gasteiger partial charge in [-0.15, -0.1) is 0 Å². The van der Waals surface area contributed by atoms with E-state index in [1.54, 1.807) is 4.90 Å². The van der Waals surface area contributed by atoms with Crippen molar-refractivity contribution in [1.29, 1.82) is 0 Å². The van der Waals surface area contributed by atoms with Crippen LogP contribution in [0.25, 0.3) is 0 Å². The number of hydrogen-bond acceptors (Lipinski definition) is 4. The summed E-state index contributed by atoms with van der Waals surface area (Å²) in [5.74, 6) is 0.733. The monoisotopic (exact) mass is 346 g/mol. The maximum atomic E-state index is 12.2. The van der Waals surface area contributed by atoms with Crippen LogP contribution in [-0.2, 0) is 16.1 Å². The molecule has 1 aromatic carbocycles. The van der Waals surface area contributed by atoms with Crippen LogP contribution in [0.1, 0.15) is 32.8 Å². The summed E-state index contributed by atoms with van der Waals surface area (Å²) >= 11 is 0. The molecule has 1 aliphatic carbocycles. The Labute approximate surface area is 148 Å². The summed E-state index contributed by atoms with van der Waals surface area (Å²) in [4.78, 5) is 25.9. The molecule has 0 radical (unpaired) electrons. The molecule has 3 rings (SSSR count). The Morgan fingerprint density at radius 2 is 1.92 bits per heavy atom. The van der Waals surface area contributed by atoms with Crippen molar-refractivity contribution in [3.63, 3.8) is 0 Å². The average Bonchev–Trinajstić information content (AvgIpc) is 3.23. The molecule has 6 heteroatoms. The lowest BCUT2D eigenvalue weighted by Gasteiger charge is -2.25. The van der Waals surface area contributed by atoms with Gasteiger partial charge in [0.1, 0.15) is 12.2 Å². The van der Waals surface area contributed by atoms with Crippen LogP contribution >= 0.6 is 0 Å². The van der Waals surface area contributed by atoms with Gasteiger partial charge in [0.2, 0.25) is 0 Å². The molecule has 136 valence electrons. The highest BCUT2D eigenvalue weighted by Gasteiger charge is 2.54. The fourth-order valence-corrected chi connectivity index (χ4v) is 3.37. The fraction of sp³-hybridized carbons (Fsp3) is 0.579. The highest BCUT2D eigenvalue weighted by molar-refractivity contribution is 5.70. The zero-order chi connectivity index (χ0) is 18.0. The number of carbonyl (C=O) groups excluding carboxylic acids is 2. The number of piperidine rings is 1. The van der Waals surface area contributed by atoms with E-state index in [0.717, 1.165) is 12.0 Å². The second-order valence-electron chi connectivity index (χ2n) is 7.77. The Hall–Kier alpha value is -2.24. The predicted octanol–water partition coefficient (Wildman–Crippen LogP) is 3.17. The number of fused-ring (bicyclic) bond motifs is 1. The molecule has 0 unspecified atom stereocenters. The summed E-state index contributed by atoms with van der Waals surface area (Å²) < 4.78 is 10.7. The first-order valence-electron chi connectivity index (χ1n) is 8.78. The van der Waals surface area contributed by atoms with Crippen molar-refractivity contribution in [3.8, 4) is 0 Å². The number of nitrogens with zero attached hydrogens (tertiary/aromatic N) is 1. The Morgan fingerprint density at radius 3 is 2.60 bits per heavy atom. The normalized spacial score (nSPS) is 24.9. The molecular formula is C19H26N2O4. The van der Waals surface area contributed by atoms with E-state index in [4.69, 9.17) is 9.47 Å². The number of alkyl carbamates (subject to hydrolysis) is 1. The van der Waals surface area contributed by atoms with E-state index in [1.165, 1.54) is 0 Å². The molecule has 2 fully saturated rings. The molecule has 3 atom stereocenters. The maximum Gasteiger partial charge on any atom is 0.410 e. The molecule has 1 saturated carbocycles. The molecule has 2 aliphatic rings. The Morgan fingerprint density at radius 1 is 1.20 bits per heavy atom. The van der Waals surface area contributed by atoms with Crippen molar-refractivity contribution in [2.24, 2.45) is 11.8 Å². The van der Waals surface area contributed by atoms with Crippen LogP contribution in [0, 0.1) is 11.8 Å². The van der Waals surface area contributed by atoms with E-state index in [9.17, 15) is 9.59 Å². The molecule has 0 spiro atoms. The third-order valence-corrected chi connectivity index (χ3v) is 4.64. The third-order valence-electron chi connectivity index (χ3n) is 4.64. The number of likely N-dealkylation sites (tertiary alicyclic amines) is 1.